The number of ether oxygens (including phenoxy) is 1. The summed E-state index contributed by atoms with van der Waals surface area (Å²) in [6.45, 7) is 1.46. The van der Waals surface area contributed by atoms with Gasteiger partial charge in [0.1, 0.15) is 17.5 Å². The molecule has 2 atom stereocenters. The Labute approximate surface area is 129 Å². The number of aliphatic hydroxyl groups is 1. The fourth-order valence-electron chi connectivity index (χ4n) is 1.75. The SMILES string of the molecule is CCOC(=O)C(C=NC1CC1F)=C(O)c1ccc(F)c(F)c1F. The van der Waals surface area contributed by atoms with Gasteiger partial charge < -0.3 is 9.84 Å². The van der Waals surface area contributed by atoms with Crippen molar-refractivity contribution in [1.82, 2.24) is 0 Å². The average Bonchev–Trinajstić information content (AvgIpc) is 3.21. The zero-order chi connectivity index (χ0) is 17.1. The quantitative estimate of drug-likeness (QED) is 0.225. The van der Waals surface area contributed by atoms with E-state index in [1.54, 1.807) is 0 Å². The van der Waals surface area contributed by atoms with Crippen molar-refractivity contribution in [2.45, 2.75) is 25.6 Å². The van der Waals surface area contributed by atoms with Crippen LogP contribution in [0.2, 0.25) is 0 Å². The van der Waals surface area contributed by atoms with Gasteiger partial charge in [-0.2, -0.15) is 0 Å². The van der Waals surface area contributed by atoms with E-state index < -0.39 is 52.5 Å². The summed E-state index contributed by atoms with van der Waals surface area (Å²) in [5, 5.41) is 10.0. The maximum Gasteiger partial charge on any atom is 0.343 e. The van der Waals surface area contributed by atoms with Crippen LogP contribution in [0.15, 0.2) is 22.7 Å². The number of aliphatic hydroxyl groups excluding tert-OH is 1. The fourth-order valence-corrected chi connectivity index (χ4v) is 1.75. The first-order chi connectivity index (χ1) is 10.9. The predicted octanol–water partition coefficient (Wildman–Crippen LogP) is 3.12. The Balaban J connectivity index is 2.46. The van der Waals surface area contributed by atoms with Crippen molar-refractivity contribution >= 4 is 17.9 Å². The van der Waals surface area contributed by atoms with Crippen molar-refractivity contribution in [1.29, 1.82) is 0 Å². The van der Waals surface area contributed by atoms with Crippen LogP contribution < -0.4 is 0 Å². The van der Waals surface area contributed by atoms with Gasteiger partial charge in [-0.05, 0) is 19.1 Å². The lowest BCUT2D eigenvalue weighted by Gasteiger charge is -2.08. The minimum atomic E-state index is -1.79. The van der Waals surface area contributed by atoms with Gasteiger partial charge in [-0.1, -0.05) is 0 Å². The Morgan fingerprint density at radius 2 is 2.04 bits per heavy atom. The molecule has 0 saturated heterocycles. The summed E-state index contributed by atoms with van der Waals surface area (Å²) in [7, 11) is 0. The van der Waals surface area contributed by atoms with Crippen LogP contribution >= 0.6 is 0 Å². The highest BCUT2D eigenvalue weighted by Crippen LogP contribution is 2.29. The molecule has 0 aliphatic heterocycles. The van der Waals surface area contributed by atoms with Crippen molar-refractivity contribution in [2.75, 3.05) is 6.61 Å². The Morgan fingerprint density at radius 3 is 2.61 bits per heavy atom. The highest BCUT2D eigenvalue weighted by molar-refractivity contribution is 6.15. The summed E-state index contributed by atoms with van der Waals surface area (Å²) in [5.41, 5.74) is -1.30. The number of benzene rings is 1. The van der Waals surface area contributed by atoms with Gasteiger partial charge in [-0.25, -0.2) is 22.4 Å². The molecule has 1 saturated carbocycles. The van der Waals surface area contributed by atoms with Crippen LogP contribution in [0, 0.1) is 17.5 Å². The number of hydrogen-bond acceptors (Lipinski definition) is 4. The molecule has 0 amide bonds. The normalized spacial score (nSPS) is 21.3. The van der Waals surface area contributed by atoms with Gasteiger partial charge in [-0.3, -0.25) is 4.99 Å². The van der Waals surface area contributed by atoms with Crippen molar-refractivity contribution in [3.8, 4) is 0 Å². The van der Waals surface area contributed by atoms with E-state index in [0.29, 0.717) is 6.07 Å². The molecule has 1 aromatic rings. The molecule has 0 spiro atoms. The number of rotatable bonds is 5. The molecule has 2 unspecified atom stereocenters. The van der Waals surface area contributed by atoms with Crippen molar-refractivity contribution in [3.63, 3.8) is 0 Å². The minimum absolute atomic E-state index is 0.0428. The molecular formula is C15H13F4NO3. The standard InChI is InChI=1S/C15H13F4NO3/c1-2-23-15(22)8(6-20-11-5-10(11)17)14(21)7-3-4-9(16)13(19)12(7)18/h3-4,6,10-11,21H,2,5H2,1H3. The second-order valence-electron chi connectivity index (χ2n) is 4.80. The third-order valence-electron chi connectivity index (χ3n) is 3.12. The van der Waals surface area contributed by atoms with Crippen molar-refractivity contribution in [3.05, 3.63) is 40.7 Å². The zero-order valence-corrected chi connectivity index (χ0v) is 12.0. The molecule has 0 heterocycles. The lowest BCUT2D eigenvalue weighted by Crippen LogP contribution is -2.12. The molecule has 2 rings (SSSR count). The van der Waals surface area contributed by atoms with Crippen LogP contribution in [-0.4, -0.2) is 36.1 Å². The summed E-state index contributed by atoms with van der Waals surface area (Å²) >= 11 is 0. The van der Waals surface area contributed by atoms with Crippen LogP contribution in [0.25, 0.3) is 5.76 Å². The molecule has 0 aromatic heterocycles. The van der Waals surface area contributed by atoms with Gasteiger partial charge in [0.15, 0.2) is 17.5 Å². The van der Waals surface area contributed by atoms with Crippen molar-refractivity contribution < 1.29 is 32.2 Å². The first-order valence-corrected chi connectivity index (χ1v) is 6.78. The Morgan fingerprint density at radius 1 is 1.39 bits per heavy atom. The van der Waals surface area contributed by atoms with Gasteiger partial charge in [0, 0.05) is 12.6 Å². The summed E-state index contributed by atoms with van der Waals surface area (Å²) < 4.78 is 57.4. The summed E-state index contributed by atoms with van der Waals surface area (Å²) in [6, 6.07) is 0.718. The Kier molecular flexibility index (Phi) is 5.02. The van der Waals surface area contributed by atoms with E-state index in [9.17, 15) is 27.5 Å². The number of esters is 1. The molecule has 1 aromatic carbocycles. The average molecular weight is 331 g/mol. The predicted molar refractivity (Wildman–Crippen MR) is 74.3 cm³/mol. The van der Waals surface area contributed by atoms with Gasteiger partial charge >= 0.3 is 5.97 Å². The Hall–Kier alpha value is -2.38. The van der Waals surface area contributed by atoms with E-state index in [2.05, 4.69) is 9.73 Å². The largest absolute Gasteiger partial charge is 0.506 e. The fraction of sp³-hybridized carbons (Fsp3) is 0.333. The highest BCUT2D eigenvalue weighted by Gasteiger charge is 2.37. The topological polar surface area (TPSA) is 58.9 Å². The number of carbonyl (C=O) groups is 1. The third kappa shape index (κ3) is 3.69. The first kappa shape index (κ1) is 17.0. The van der Waals surface area contributed by atoms with Crippen LogP contribution in [0.3, 0.4) is 0 Å². The molecule has 4 nitrogen and oxygen atoms in total. The van der Waals surface area contributed by atoms with E-state index in [1.807, 2.05) is 0 Å². The van der Waals surface area contributed by atoms with E-state index in [1.165, 1.54) is 6.92 Å². The lowest BCUT2D eigenvalue weighted by atomic mass is 10.1. The molecule has 23 heavy (non-hydrogen) atoms. The van der Waals surface area contributed by atoms with Gasteiger partial charge in [0.05, 0.1) is 18.2 Å². The molecule has 124 valence electrons. The minimum Gasteiger partial charge on any atom is -0.506 e. The molecule has 1 fully saturated rings. The van der Waals surface area contributed by atoms with Gasteiger partial charge in [-0.15, -0.1) is 0 Å². The maximum atomic E-state index is 13.7. The molecule has 8 heteroatoms. The van der Waals surface area contributed by atoms with Crippen LogP contribution in [0.1, 0.15) is 18.9 Å². The molecule has 1 N–H and O–H groups in total. The van der Waals surface area contributed by atoms with Crippen LogP contribution in [-0.2, 0) is 9.53 Å². The third-order valence-corrected chi connectivity index (χ3v) is 3.12. The summed E-state index contributed by atoms with van der Waals surface area (Å²) in [4.78, 5) is 15.5. The monoisotopic (exact) mass is 331 g/mol. The number of nitrogens with zero attached hydrogens (tertiary/aromatic N) is 1. The smallest absolute Gasteiger partial charge is 0.343 e. The number of halogens is 4. The van der Waals surface area contributed by atoms with E-state index in [0.717, 1.165) is 12.3 Å². The Bertz CT molecular complexity index is 688. The second-order valence-corrected chi connectivity index (χ2v) is 4.80. The number of aliphatic imine (C=N–C) groups is 1. The number of hydrogen-bond donors (Lipinski definition) is 1. The molecule has 0 radical (unpaired) electrons. The van der Waals surface area contributed by atoms with E-state index >= 15 is 0 Å². The maximum absolute atomic E-state index is 13.7. The molecular weight excluding hydrogens is 318 g/mol. The van der Waals surface area contributed by atoms with Gasteiger partial charge in [0.25, 0.3) is 0 Å². The lowest BCUT2D eigenvalue weighted by molar-refractivity contribution is -0.137. The highest BCUT2D eigenvalue weighted by atomic mass is 19.2. The van der Waals surface area contributed by atoms with Crippen molar-refractivity contribution in [2.24, 2.45) is 4.99 Å². The second kappa shape index (κ2) is 6.80. The molecule has 1 aliphatic carbocycles. The summed E-state index contributed by atoms with van der Waals surface area (Å²) in [5.74, 6) is -6.91. The number of carbonyl (C=O) groups excluding carboxylic acids is 1. The molecule has 0 bridgehead atoms. The zero-order valence-electron chi connectivity index (χ0n) is 12.0. The van der Waals surface area contributed by atoms with Gasteiger partial charge in [0.2, 0.25) is 0 Å². The van der Waals surface area contributed by atoms with Crippen LogP contribution in [0.4, 0.5) is 17.6 Å². The van der Waals surface area contributed by atoms with E-state index in [-0.39, 0.29) is 13.0 Å². The summed E-state index contributed by atoms with van der Waals surface area (Å²) in [6.07, 6.45) is -0.123. The molecule has 1 aliphatic rings. The first-order valence-electron chi connectivity index (χ1n) is 6.78. The number of alkyl halides is 1. The van der Waals surface area contributed by atoms with E-state index in [4.69, 9.17) is 0 Å². The van der Waals surface area contributed by atoms with Crippen LogP contribution in [0.5, 0.6) is 0 Å².